The molecule has 0 fully saturated rings. The molecule has 2 aliphatic carbocycles. The SMILES string of the molecule is CC1(C)c2cc3ccccc3cc2-c2cccc(-c3c4ccccc4c(-c4ccccc4)c4ccccc34)c21.CC1(C)c2cc3ccccc3cc2-c2cccc(Br)c21.O[B]Oc1c2ccccc2c(-c2ccccc2)c2ccccc12. The van der Waals surface area contributed by atoms with Crippen LogP contribution in [0.2, 0.25) is 0 Å². The molecule has 1 N–H and O–H groups in total. The van der Waals surface area contributed by atoms with Crippen LogP contribution in [0.1, 0.15) is 49.9 Å². The number of fused-ring (bicyclic) bond motifs is 12. The van der Waals surface area contributed by atoms with Crippen molar-refractivity contribution in [3.8, 4) is 61.4 Å². The van der Waals surface area contributed by atoms with E-state index in [4.69, 9.17) is 4.65 Å². The van der Waals surface area contributed by atoms with Crippen LogP contribution in [0.15, 0.2) is 271 Å². The number of benzene rings is 14. The van der Waals surface area contributed by atoms with Crippen LogP contribution in [0, 0.1) is 0 Å². The van der Waals surface area contributed by atoms with Crippen molar-refractivity contribution in [2.24, 2.45) is 0 Å². The van der Waals surface area contributed by atoms with Crippen molar-refractivity contribution in [2.75, 3.05) is 0 Å². The van der Waals surface area contributed by atoms with Gasteiger partial charge in [0, 0.05) is 26.1 Å². The summed E-state index contributed by atoms with van der Waals surface area (Å²) < 4.78 is 6.66. The van der Waals surface area contributed by atoms with Gasteiger partial charge < -0.3 is 9.68 Å². The first-order chi connectivity index (χ1) is 40.1. The molecular weight excluding hydrogens is 1060 g/mol. The predicted molar refractivity (Wildman–Crippen MR) is 352 cm³/mol. The van der Waals surface area contributed by atoms with Crippen LogP contribution in [-0.4, -0.2) is 12.7 Å². The second-order valence-corrected chi connectivity index (χ2v) is 23.6. The van der Waals surface area contributed by atoms with E-state index < -0.39 is 0 Å². The summed E-state index contributed by atoms with van der Waals surface area (Å²) in [6.45, 7) is 9.44. The lowest BCUT2D eigenvalue weighted by Crippen LogP contribution is -2.16. The molecule has 0 aliphatic heterocycles. The fraction of sp³-hybridized carbons (Fsp3) is 0.0769. The normalized spacial score (nSPS) is 13.2. The van der Waals surface area contributed by atoms with E-state index >= 15 is 0 Å². The van der Waals surface area contributed by atoms with Crippen LogP contribution in [-0.2, 0) is 10.8 Å². The van der Waals surface area contributed by atoms with Crippen molar-refractivity contribution >= 4 is 88.2 Å². The van der Waals surface area contributed by atoms with Gasteiger partial charge in [-0.25, -0.2) is 0 Å². The second-order valence-electron chi connectivity index (χ2n) is 22.7. The van der Waals surface area contributed by atoms with Crippen molar-refractivity contribution in [2.45, 2.75) is 38.5 Å². The van der Waals surface area contributed by atoms with E-state index in [1.165, 1.54) is 125 Å². The van der Waals surface area contributed by atoms with Crippen LogP contribution in [0.3, 0.4) is 0 Å². The Labute approximate surface area is 488 Å². The molecule has 0 unspecified atom stereocenters. The van der Waals surface area contributed by atoms with Gasteiger partial charge >= 0.3 is 7.69 Å². The Morgan fingerprint density at radius 2 is 0.646 bits per heavy atom. The molecular formula is C78H57BBrO2. The van der Waals surface area contributed by atoms with Crippen molar-refractivity contribution in [3.05, 3.63) is 294 Å². The number of hydrogen-bond donors (Lipinski definition) is 1. The molecule has 0 saturated carbocycles. The molecule has 14 aromatic carbocycles. The molecule has 14 aromatic rings. The van der Waals surface area contributed by atoms with Crippen LogP contribution in [0.25, 0.3) is 120 Å². The quantitative estimate of drug-likeness (QED) is 0.137. The van der Waals surface area contributed by atoms with Gasteiger partial charge in [0.1, 0.15) is 5.75 Å². The van der Waals surface area contributed by atoms with Gasteiger partial charge in [-0.05, 0) is 162 Å². The van der Waals surface area contributed by atoms with Gasteiger partial charge in [0.25, 0.3) is 0 Å². The van der Waals surface area contributed by atoms with E-state index in [1.807, 2.05) is 54.6 Å². The fourth-order valence-electron chi connectivity index (χ4n) is 13.8. The lowest BCUT2D eigenvalue weighted by atomic mass is 9.76. The van der Waals surface area contributed by atoms with Gasteiger partial charge in [0.15, 0.2) is 0 Å². The molecule has 0 atom stereocenters. The summed E-state index contributed by atoms with van der Waals surface area (Å²) in [5, 5.41) is 23.8. The number of halogens is 1. The highest BCUT2D eigenvalue weighted by Gasteiger charge is 2.39. The smallest absolute Gasteiger partial charge is 0.537 e. The molecule has 0 aromatic heterocycles. The number of rotatable bonds is 5. The Morgan fingerprint density at radius 3 is 1.09 bits per heavy atom. The average Bonchev–Trinajstić information content (AvgIpc) is 3.45. The minimum Gasteiger partial charge on any atom is -0.537 e. The van der Waals surface area contributed by atoms with Gasteiger partial charge in [0.05, 0.1) is 0 Å². The lowest BCUT2D eigenvalue weighted by molar-refractivity contribution is 0.459. The summed E-state index contributed by atoms with van der Waals surface area (Å²) in [6.07, 6.45) is 0. The molecule has 0 saturated heterocycles. The maximum absolute atomic E-state index is 9.18. The van der Waals surface area contributed by atoms with Gasteiger partial charge in [-0.2, -0.15) is 0 Å². The van der Waals surface area contributed by atoms with E-state index in [9.17, 15) is 5.02 Å². The molecule has 4 heteroatoms. The van der Waals surface area contributed by atoms with Crippen LogP contribution < -0.4 is 4.65 Å². The van der Waals surface area contributed by atoms with E-state index in [1.54, 1.807) is 0 Å². The number of hydrogen-bond acceptors (Lipinski definition) is 2. The Balaban J connectivity index is 0.000000119. The Hall–Kier alpha value is -9.06. The third-order valence-electron chi connectivity index (χ3n) is 17.4. The largest absolute Gasteiger partial charge is 0.569 e. The highest BCUT2D eigenvalue weighted by Crippen LogP contribution is 2.56. The zero-order valence-electron chi connectivity index (χ0n) is 46.2. The zero-order chi connectivity index (χ0) is 55.7. The first-order valence-electron chi connectivity index (χ1n) is 28.2. The van der Waals surface area contributed by atoms with Crippen LogP contribution >= 0.6 is 15.9 Å². The van der Waals surface area contributed by atoms with Crippen LogP contribution in [0.4, 0.5) is 0 Å². The van der Waals surface area contributed by atoms with Crippen molar-refractivity contribution in [1.82, 2.24) is 0 Å². The topological polar surface area (TPSA) is 29.5 Å². The minimum atomic E-state index is -0.119. The van der Waals surface area contributed by atoms with E-state index in [0.29, 0.717) is 5.75 Å². The third-order valence-corrected chi connectivity index (χ3v) is 18.1. The molecule has 0 spiro atoms. The molecule has 82 heavy (non-hydrogen) atoms. The monoisotopic (exact) mass is 1120 g/mol. The summed E-state index contributed by atoms with van der Waals surface area (Å²) in [5.41, 5.74) is 18.7. The first-order valence-corrected chi connectivity index (χ1v) is 29.0. The fourth-order valence-corrected chi connectivity index (χ4v) is 14.7. The van der Waals surface area contributed by atoms with Crippen molar-refractivity contribution in [1.29, 1.82) is 0 Å². The Bertz CT molecular complexity index is 4720. The van der Waals surface area contributed by atoms with E-state index in [0.717, 1.165) is 29.2 Å². The average molecular weight is 1120 g/mol. The summed E-state index contributed by atoms with van der Waals surface area (Å²) in [6, 6.07) is 95.7. The molecule has 0 heterocycles. The third kappa shape index (κ3) is 8.34. The Kier molecular flexibility index (Phi) is 12.8. The molecule has 1 radical (unpaired) electrons. The molecule has 391 valence electrons. The second kappa shape index (κ2) is 20.5. The summed E-state index contributed by atoms with van der Waals surface area (Å²) >= 11 is 3.74. The maximum atomic E-state index is 9.18. The van der Waals surface area contributed by atoms with Gasteiger partial charge in [-0.1, -0.05) is 280 Å². The van der Waals surface area contributed by atoms with Gasteiger partial charge in [0.2, 0.25) is 0 Å². The molecule has 0 amide bonds. The Morgan fingerprint density at radius 1 is 0.317 bits per heavy atom. The lowest BCUT2D eigenvalue weighted by Gasteiger charge is -2.26. The molecule has 0 bridgehead atoms. The van der Waals surface area contributed by atoms with E-state index in [-0.39, 0.29) is 10.8 Å². The predicted octanol–water partition coefficient (Wildman–Crippen LogP) is 21.3. The van der Waals surface area contributed by atoms with Gasteiger partial charge in [-0.3, -0.25) is 0 Å². The van der Waals surface area contributed by atoms with Gasteiger partial charge in [-0.15, -0.1) is 0 Å². The summed E-state index contributed by atoms with van der Waals surface area (Å²) in [4.78, 5) is 0. The highest BCUT2D eigenvalue weighted by molar-refractivity contribution is 9.10. The van der Waals surface area contributed by atoms with Crippen LogP contribution in [0.5, 0.6) is 5.75 Å². The molecule has 2 nitrogen and oxygen atoms in total. The van der Waals surface area contributed by atoms with Crippen molar-refractivity contribution in [3.63, 3.8) is 0 Å². The maximum Gasteiger partial charge on any atom is 0.569 e. The van der Waals surface area contributed by atoms with E-state index in [2.05, 4.69) is 256 Å². The summed E-state index contributed by atoms with van der Waals surface area (Å²) in [5.74, 6) is 0.679. The zero-order valence-corrected chi connectivity index (χ0v) is 47.8. The molecule has 2 aliphatic rings. The highest BCUT2D eigenvalue weighted by atomic mass is 79.9. The molecule has 16 rings (SSSR count). The summed E-state index contributed by atoms with van der Waals surface area (Å²) in [7, 11) is 0.746. The minimum absolute atomic E-state index is 0.0504. The first kappa shape index (κ1) is 51.1. The standard InChI is InChI=1S/C39H28.C20H14BO2.C19H15Br/c1-39(2)35-24-27-16-7-6-15-26(27)23-34(35)32-21-12-22-33(38(32)39)37-30-19-10-8-17-28(30)36(25-13-4-3-5-14-25)29-18-9-11-20-31(29)37;22-21-23-20-17-12-6-4-10-15(17)19(14-8-2-1-3-9-14)16-11-5-7-13-18(16)20;1-19(2)16-11-13-7-4-3-6-12(13)10-15(16)14-8-5-9-17(20)18(14)19/h3-24H,1-2H3;1-13,22H;3-11H,1-2H3. The van der Waals surface area contributed by atoms with Crippen molar-refractivity contribution < 1.29 is 9.68 Å².